The van der Waals surface area contributed by atoms with E-state index in [1.165, 1.54) is 6.42 Å². The standard InChI is InChI=1S/C9H15NO/c11-8-3-1-2-4-9(8)5-6-10-7-9/h10H,1-7H2. The van der Waals surface area contributed by atoms with Crippen LogP contribution in [0.2, 0.25) is 0 Å². The lowest BCUT2D eigenvalue weighted by Gasteiger charge is -2.30. The van der Waals surface area contributed by atoms with E-state index >= 15 is 0 Å². The van der Waals surface area contributed by atoms with Crippen molar-refractivity contribution in [2.45, 2.75) is 32.1 Å². The molecule has 2 nitrogen and oxygen atoms in total. The van der Waals surface area contributed by atoms with Crippen molar-refractivity contribution >= 4 is 5.78 Å². The van der Waals surface area contributed by atoms with Crippen LogP contribution in [0.5, 0.6) is 0 Å². The number of hydrogen-bond acceptors (Lipinski definition) is 2. The van der Waals surface area contributed by atoms with Gasteiger partial charge in [0, 0.05) is 18.4 Å². The van der Waals surface area contributed by atoms with Gasteiger partial charge < -0.3 is 5.32 Å². The van der Waals surface area contributed by atoms with Crippen molar-refractivity contribution in [1.29, 1.82) is 0 Å². The lowest BCUT2D eigenvalue weighted by molar-refractivity contribution is -0.130. The Kier molecular flexibility index (Phi) is 1.72. The SMILES string of the molecule is O=C1CCCCC12CCNC2. The van der Waals surface area contributed by atoms with Gasteiger partial charge in [0.2, 0.25) is 0 Å². The van der Waals surface area contributed by atoms with Gasteiger partial charge >= 0.3 is 0 Å². The van der Waals surface area contributed by atoms with Gasteiger partial charge in [-0.05, 0) is 25.8 Å². The molecule has 1 spiro atoms. The van der Waals surface area contributed by atoms with Crippen LogP contribution in [0.15, 0.2) is 0 Å². The first kappa shape index (κ1) is 7.29. The molecule has 2 heteroatoms. The Morgan fingerprint density at radius 3 is 2.82 bits per heavy atom. The van der Waals surface area contributed by atoms with E-state index in [2.05, 4.69) is 5.32 Å². The fourth-order valence-electron chi connectivity index (χ4n) is 2.35. The maximum atomic E-state index is 11.6. The molecule has 1 heterocycles. The molecule has 0 aromatic rings. The first-order valence-corrected chi connectivity index (χ1v) is 4.58. The summed E-state index contributed by atoms with van der Waals surface area (Å²) in [4.78, 5) is 11.6. The zero-order valence-corrected chi connectivity index (χ0v) is 6.86. The number of Topliss-reactive ketones (excluding diaryl/α,β-unsaturated/α-hetero) is 1. The molecule has 2 fully saturated rings. The number of rotatable bonds is 0. The maximum Gasteiger partial charge on any atom is 0.140 e. The molecule has 1 atom stereocenters. The van der Waals surface area contributed by atoms with Gasteiger partial charge in [-0.25, -0.2) is 0 Å². The van der Waals surface area contributed by atoms with Crippen LogP contribution in [0.3, 0.4) is 0 Å². The van der Waals surface area contributed by atoms with Crippen molar-refractivity contribution < 1.29 is 4.79 Å². The summed E-state index contributed by atoms with van der Waals surface area (Å²) < 4.78 is 0. The first-order chi connectivity index (χ1) is 5.33. The average molecular weight is 153 g/mol. The number of hydrogen-bond donors (Lipinski definition) is 1. The normalized spacial score (nSPS) is 38.4. The number of carbonyl (C=O) groups excluding carboxylic acids is 1. The summed E-state index contributed by atoms with van der Waals surface area (Å²) in [5.41, 5.74) is 0.0816. The second kappa shape index (κ2) is 2.59. The molecule has 2 rings (SSSR count). The Morgan fingerprint density at radius 2 is 2.18 bits per heavy atom. The minimum atomic E-state index is 0.0816. The summed E-state index contributed by atoms with van der Waals surface area (Å²) in [5.74, 6) is 0.522. The van der Waals surface area contributed by atoms with Crippen LogP contribution in [0, 0.1) is 5.41 Å². The highest BCUT2D eigenvalue weighted by atomic mass is 16.1. The number of ketones is 1. The lowest BCUT2D eigenvalue weighted by atomic mass is 9.72. The van der Waals surface area contributed by atoms with Crippen LogP contribution in [0.4, 0.5) is 0 Å². The molecule has 0 aromatic carbocycles. The van der Waals surface area contributed by atoms with Crippen molar-refractivity contribution in [2.24, 2.45) is 5.41 Å². The second-order valence-electron chi connectivity index (χ2n) is 3.84. The third-order valence-corrected chi connectivity index (χ3v) is 3.14. The Balaban J connectivity index is 2.13. The van der Waals surface area contributed by atoms with E-state index in [-0.39, 0.29) is 5.41 Å². The van der Waals surface area contributed by atoms with Gasteiger partial charge in [0.05, 0.1) is 0 Å². The smallest absolute Gasteiger partial charge is 0.140 e. The van der Waals surface area contributed by atoms with E-state index in [4.69, 9.17) is 0 Å². The Hall–Kier alpha value is -0.370. The molecule has 1 N–H and O–H groups in total. The minimum Gasteiger partial charge on any atom is -0.316 e. The highest BCUT2D eigenvalue weighted by Crippen LogP contribution is 2.37. The molecule has 0 amide bonds. The van der Waals surface area contributed by atoms with Crippen molar-refractivity contribution in [3.05, 3.63) is 0 Å². The van der Waals surface area contributed by atoms with Gasteiger partial charge in [0.1, 0.15) is 5.78 Å². The quantitative estimate of drug-likeness (QED) is 0.565. The summed E-state index contributed by atoms with van der Waals surface area (Å²) in [6.45, 7) is 2.00. The van der Waals surface area contributed by atoms with E-state index in [0.717, 1.165) is 38.8 Å². The molecule has 1 aliphatic carbocycles. The average Bonchev–Trinajstić information content (AvgIpc) is 2.46. The van der Waals surface area contributed by atoms with Crippen LogP contribution in [0.1, 0.15) is 32.1 Å². The zero-order chi connectivity index (χ0) is 7.73. The van der Waals surface area contributed by atoms with Gasteiger partial charge in [-0.2, -0.15) is 0 Å². The molecule has 1 saturated carbocycles. The van der Waals surface area contributed by atoms with Crippen molar-refractivity contribution in [3.8, 4) is 0 Å². The van der Waals surface area contributed by atoms with Gasteiger partial charge in [-0.15, -0.1) is 0 Å². The van der Waals surface area contributed by atoms with Crippen molar-refractivity contribution in [2.75, 3.05) is 13.1 Å². The molecular formula is C9H15NO. The topological polar surface area (TPSA) is 29.1 Å². The Bertz CT molecular complexity index is 170. The summed E-state index contributed by atoms with van der Waals surface area (Å²) >= 11 is 0. The first-order valence-electron chi connectivity index (χ1n) is 4.58. The lowest BCUT2D eigenvalue weighted by Crippen LogP contribution is -2.35. The number of carbonyl (C=O) groups is 1. The summed E-state index contributed by atoms with van der Waals surface area (Å²) in [6, 6.07) is 0. The van der Waals surface area contributed by atoms with Gasteiger partial charge in [-0.1, -0.05) is 6.42 Å². The molecule has 1 unspecified atom stereocenters. The largest absolute Gasteiger partial charge is 0.316 e. The van der Waals surface area contributed by atoms with Crippen LogP contribution in [0.25, 0.3) is 0 Å². The van der Waals surface area contributed by atoms with Crippen LogP contribution < -0.4 is 5.32 Å². The van der Waals surface area contributed by atoms with Gasteiger partial charge in [0.25, 0.3) is 0 Å². The zero-order valence-electron chi connectivity index (χ0n) is 6.86. The van der Waals surface area contributed by atoms with Gasteiger partial charge in [0.15, 0.2) is 0 Å². The molecule has 0 radical (unpaired) electrons. The highest BCUT2D eigenvalue weighted by molar-refractivity contribution is 5.86. The summed E-state index contributed by atoms with van der Waals surface area (Å²) in [5, 5.41) is 3.29. The van der Waals surface area contributed by atoms with E-state index in [1.807, 2.05) is 0 Å². The molecule has 0 aromatic heterocycles. The van der Waals surface area contributed by atoms with E-state index in [1.54, 1.807) is 0 Å². The highest BCUT2D eigenvalue weighted by Gasteiger charge is 2.41. The van der Waals surface area contributed by atoms with Crippen molar-refractivity contribution in [1.82, 2.24) is 5.32 Å². The number of nitrogens with one attached hydrogen (secondary N) is 1. The maximum absolute atomic E-state index is 11.6. The summed E-state index contributed by atoms with van der Waals surface area (Å²) in [6.07, 6.45) is 5.44. The fraction of sp³-hybridized carbons (Fsp3) is 0.889. The Morgan fingerprint density at radius 1 is 1.27 bits per heavy atom. The van der Waals surface area contributed by atoms with Crippen LogP contribution in [-0.2, 0) is 4.79 Å². The fourth-order valence-corrected chi connectivity index (χ4v) is 2.35. The molecule has 2 aliphatic rings. The van der Waals surface area contributed by atoms with E-state index in [9.17, 15) is 4.79 Å². The van der Waals surface area contributed by atoms with E-state index in [0.29, 0.717) is 5.78 Å². The van der Waals surface area contributed by atoms with Crippen LogP contribution >= 0.6 is 0 Å². The molecule has 1 saturated heterocycles. The predicted octanol–water partition coefficient (Wildman–Crippen LogP) is 1.11. The minimum absolute atomic E-state index is 0.0816. The predicted molar refractivity (Wildman–Crippen MR) is 43.4 cm³/mol. The third kappa shape index (κ3) is 1.09. The molecule has 1 aliphatic heterocycles. The monoisotopic (exact) mass is 153 g/mol. The third-order valence-electron chi connectivity index (χ3n) is 3.14. The second-order valence-corrected chi connectivity index (χ2v) is 3.84. The molecule has 11 heavy (non-hydrogen) atoms. The molecule has 62 valence electrons. The van der Waals surface area contributed by atoms with Crippen molar-refractivity contribution in [3.63, 3.8) is 0 Å². The van der Waals surface area contributed by atoms with E-state index < -0.39 is 0 Å². The molecule has 0 bridgehead atoms. The van der Waals surface area contributed by atoms with Gasteiger partial charge in [-0.3, -0.25) is 4.79 Å². The molecular weight excluding hydrogens is 138 g/mol. The van der Waals surface area contributed by atoms with Crippen LogP contribution in [-0.4, -0.2) is 18.9 Å². The Labute approximate surface area is 67.4 Å². The summed E-state index contributed by atoms with van der Waals surface area (Å²) in [7, 11) is 0.